The molecule has 4 fully saturated rings. The first kappa shape index (κ1) is 25.6. The van der Waals surface area contributed by atoms with E-state index in [2.05, 4.69) is 62.0 Å². The summed E-state index contributed by atoms with van der Waals surface area (Å²) < 4.78 is 0. The number of nitrogens with one attached hydrogen (secondary N) is 2. The lowest BCUT2D eigenvalue weighted by atomic mass is 9.65. The molecule has 2 saturated heterocycles. The van der Waals surface area contributed by atoms with E-state index in [1.165, 1.54) is 12.8 Å². The largest absolute Gasteiger partial charge is 0.338 e. The van der Waals surface area contributed by atoms with Gasteiger partial charge < -0.3 is 20.4 Å². The summed E-state index contributed by atoms with van der Waals surface area (Å²) in [5.41, 5.74) is 1.25. The van der Waals surface area contributed by atoms with E-state index >= 15 is 0 Å². The zero-order valence-corrected chi connectivity index (χ0v) is 22.8. The van der Waals surface area contributed by atoms with Crippen LogP contribution in [0, 0.1) is 21.7 Å². The summed E-state index contributed by atoms with van der Waals surface area (Å²) in [6, 6.07) is 1.07. The average molecular weight is 475 g/mol. The molecule has 194 valence electrons. The molecule has 0 aromatic rings. The van der Waals surface area contributed by atoms with Crippen molar-refractivity contribution < 1.29 is 9.59 Å². The number of nitrogens with zero attached hydrogens (tertiary/aromatic N) is 2. The molecule has 2 aliphatic heterocycles. The second-order valence-electron chi connectivity index (χ2n) is 14.6. The van der Waals surface area contributed by atoms with Gasteiger partial charge in [0.1, 0.15) is 0 Å². The van der Waals surface area contributed by atoms with Crippen LogP contribution in [0.2, 0.25) is 0 Å². The maximum absolute atomic E-state index is 12.8. The van der Waals surface area contributed by atoms with Crippen molar-refractivity contribution in [1.29, 1.82) is 0 Å². The Bertz CT molecular complexity index is 716. The van der Waals surface area contributed by atoms with Crippen molar-refractivity contribution in [2.75, 3.05) is 26.2 Å². The van der Waals surface area contributed by atoms with Crippen LogP contribution in [0.15, 0.2) is 0 Å². The summed E-state index contributed by atoms with van der Waals surface area (Å²) in [5.74, 6) is 0. The first-order chi connectivity index (χ1) is 15.8. The van der Waals surface area contributed by atoms with E-state index in [9.17, 15) is 9.59 Å². The molecule has 2 saturated carbocycles. The number of amides is 4. The fourth-order valence-corrected chi connectivity index (χ4v) is 8.59. The zero-order valence-electron chi connectivity index (χ0n) is 22.8. The Morgan fingerprint density at radius 3 is 1.41 bits per heavy atom. The third kappa shape index (κ3) is 5.84. The molecule has 6 nitrogen and oxygen atoms in total. The highest BCUT2D eigenvalue weighted by Crippen LogP contribution is 2.53. The molecule has 0 radical (unpaired) electrons. The number of hydrogen-bond acceptors (Lipinski definition) is 2. The van der Waals surface area contributed by atoms with Gasteiger partial charge >= 0.3 is 12.1 Å². The van der Waals surface area contributed by atoms with Gasteiger partial charge in [-0.2, -0.15) is 0 Å². The molecular weight excluding hydrogens is 424 g/mol. The minimum absolute atomic E-state index is 0.131. The predicted molar refractivity (Wildman–Crippen MR) is 138 cm³/mol. The second-order valence-corrected chi connectivity index (χ2v) is 14.6. The van der Waals surface area contributed by atoms with Gasteiger partial charge in [-0.25, -0.2) is 9.59 Å². The van der Waals surface area contributed by atoms with Crippen molar-refractivity contribution in [2.45, 2.75) is 118 Å². The van der Waals surface area contributed by atoms with Crippen LogP contribution in [0.3, 0.4) is 0 Å². The van der Waals surface area contributed by atoms with Crippen molar-refractivity contribution in [1.82, 2.24) is 20.4 Å². The maximum atomic E-state index is 12.8. The average Bonchev–Trinajstić information content (AvgIpc) is 3.10. The quantitative estimate of drug-likeness (QED) is 0.460. The van der Waals surface area contributed by atoms with E-state index in [0.717, 1.165) is 77.5 Å². The number of fused-ring (bicyclic) bond motifs is 4. The Labute approximate surface area is 208 Å². The molecule has 2 heterocycles. The topological polar surface area (TPSA) is 64.7 Å². The molecule has 0 spiro atoms. The highest BCUT2D eigenvalue weighted by Gasteiger charge is 2.52. The van der Waals surface area contributed by atoms with Gasteiger partial charge in [-0.3, -0.25) is 0 Å². The monoisotopic (exact) mass is 474 g/mol. The molecular formula is C28H50N4O2. The van der Waals surface area contributed by atoms with Crippen molar-refractivity contribution in [3.63, 3.8) is 0 Å². The highest BCUT2D eigenvalue weighted by molar-refractivity contribution is 5.75. The van der Waals surface area contributed by atoms with Gasteiger partial charge in [0.2, 0.25) is 0 Å². The third-order valence-electron chi connectivity index (χ3n) is 9.01. The molecule has 0 aromatic carbocycles. The van der Waals surface area contributed by atoms with Gasteiger partial charge in [-0.05, 0) is 73.0 Å². The summed E-state index contributed by atoms with van der Waals surface area (Å²) in [5, 5.41) is 6.34. The molecule has 4 bridgehead atoms. The number of hydrogen-bond donors (Lipinski definition) is 2. The molecule has 2 N–H and O–H groups in total. The summed E-state index contributed by atoms with van der Waals surface area (Å²) in [4.78, 5) is 29.8. The van der Waals surface area contributed by atoms with Gasteiger partial charge in [0.05, 0.1) is 0 Å². The summed E-state index contributed by atoms with van der Waals surface area (Å²) in [7, 11) is 0. The molecule has 0 aromatic heterocycles. The first-order valence-corrected chi connectivity index (χ1v) is 13.9. The van der Waals surface area contributed by atoms with E-state index in [1.807, 2.05) is 0 Å². The van der Waals surface area contributed by atoms with Crippen LogP contribution in [0.1, 0.15) is 106 Å². The predicted octanol–water partition coefficient (Wildman–Crippen LogP) is 5.77. The number of carbonyl (C=O) groups is 2. The van der Waals surface area contributed by atoms with Gasteiger partial charge in [0, 0.05) is 38.3 Å². The minimum atomic E-state index is 0.131. The highest BCUT2D eigenvalue weighted by atomic mass is 16.2. The lowest BCUT2D eigenvalue weighted by Crippen LogP contribution is -2.44. The molecule has 4 rings (SSSR count). The molecule has 2 aliphatic carbocycles. The van der Waals surface area contributed by atoms with E-state index in [1.54, 1.807) is 0 Å². The van der Waals surface area contributed by atoms with Crippen LogP contribution in [0.25, 0.3) is 0 Å². The normalized spacial score (nSPS) is 35.4. The number of unbranched alkanes of at least 4 members (excludes halogenated alkanes) is 3. The Morgan fingerprint density at radius 2 is 1.03 bits per heavy atom. The van der Waals surface area contributed by atoms with Crippen LogP contribution in [0.4, 0.5) is 9.59 Å². The van der Waals surface area contributed by atoms with E-state index in [0.29, 0.717) is 22.9 Å². The number of likely N-dealkylation sites (tertiary alicyclic amines) is 2. The standard InChI is InChI=1S/C28H50N4O2/c1-25(2)13-21-15-27(5,17-25)19-31(21)23(33)29-11-9-7-8-10-12-30-24(34)32-20-28(6)16-22(32)14-26(3,4)18-28/h21-22H,7-20H2,1-6H3,(H,29,33)(H,30,34). The second kappa shape index (κ2) is 9.20. The summed E-state index contributed by atoms with van der Waals surface area (Å²) in [6.07, 6.45) is 11.2. The zero-order chi connectivity index (χ0) is 24.8. The number of rotatable bonds is 7. The van der Waals surface area contributed by atoms with Gasteiger partial charge in [0.15, 0.2) is 0 Å². The summed E-state index contributed by atoms with van der Waals surface area (Å²) >= 11 is 0. The van der Waals surface area contributed by atoms with E-state index < -0.39 is 0 Å². The van der Waals surface area contributed by atoms with Crippen molar-refractivity contribution >= 4 is 12.1 Å². The maximum Gasteiger partial charge on any atom is 0.317 e. The van der Waals surface area contributed by atoms with Gasteiger partial charge in [-0.15, -0.1) is 0 Å². The molecule has 4 atom stereocenters. The van der Waals surface area contributed by atoms with E-state index in [-0.39, 0.29) is 22.9 Å². The Morgan fingerprint density at radius 1 is 0.647 bits per heavy atom. The lowest BCUT2D eigenvalue weighted by Gasteiger charge is -2.39. The van der Waals surface area contributed by atoms with Crippen molar-refractivity contribution in [2.24, 2.45) is 21.7 Å². The smallest absolute Gasteiger partial charge is 0.317 e. The van der Waals surface area contributed by atoms with Gasteiger partial charge in [-0.1, -0.05) is 54.4 Å². The Balaban J connectivity index is 1.07. The lowest BCUT2D eigenvalue weighted by molar-refractivity contribution is 0.128. The molecule has 4 unspecified atom stereocenters. The van der Waals surface area contributed by atoms with Crippen LogP contribution in [0.5, 0.6) is 0 Å². The fraction of sp³-hybridized carbons (Fsp3) is 0.929. The Hall–Kier alpha value is -1.46. The minimum Gasteiger partial charge on any atom is -0.338 e. The van der Waals surface area contributed by atoms with Crippen LogP contribution < -0.4 is 10.6 Å². The molecule has 4 aliphatic rings. The third-order valence-corrected chi connectivity index (χ3v) is 9.01. The number of urea groups is 2. The first-order valence-electron chi connectivity index (χ1n) is 13.9. The fourth-order valence-electron chi connectivity index (χ4n) is 8.59. The molecule has 6 heteroatoms. The van der Waals surface area contributed by atoms with Gasteiger partial charge in [0.25, 0.3) is 0 Å². The summed E-state index contributed by atoms with van der Waals surface area (Å²) in [6.45, 7) is 17.4. The van der Waals surface area contributed by atoms with Crippen LogP contribution >= 0.6 is 0 Å². The van der Waals surface area contributed by atoms with Crippen LogP contribution in [-0.4, -0.2) is 60.1 Å². The Kier molecular flexibility index (Phi) is 6.94. The molecule has 4 amide bonds. The SMILES string of the molecule is CC1(C)CC2CC(C)(CN2C(=O)NCCCCCCNC(=O)N2CC3(C)CC2CC(C)(C)C3)C1. The van der Waals surface area contributed by atoms with E-state index in [4.69, 9.17) is 0 Å². The van der Waals surface area contributed by atoms with Crippen molar-refractivity contribution in [3.8, 4) is 0 Å². The van der Waals surface area contributed by atoms with Crippen molar-refractivity contribution in [3.05, 3.63) is 0 Å². The molecule has 34 heavy (non-hydrogen) atoms. The van der Waals surface area contributed by atoms with Crippen LogP contribution in [-0.2, 0) is 0 Å². The number of carbonyl (C=O) groups excluding carboxylic acids is 2.